The molecule has 5 aliphatic rings. The van der Waals surface area contributed by atoms with Crippen LogP contribution < -0.4 is 5.82 Å². The molecule has 0 radical (unpaired) electrons. The van der Waals surface area contributed by atoms with Crippen molar-refractivity contribution < 1.29 is 37.8 Å². The summed E-state index contributed by atoms with van der Waals surface area (Å²) in [4.78, 5) is 55.9. The maximum absolute atomic E-state index is 15.1. The highest BCUT2D eigenvalue weighted by Gasteiger charge is 2.72. The Kier molecular flexibility index (Phi) is 10.2. The lowest BCUT2D eigenvalue weighted by atomic mass is 9.33. The number of carbonyl (C=O) groups excluding carboxylic acids is 3. The molecule has 1 heterocycles. The maximum atomic E-state index is 15.1. The van der Waals surface area contributed by atoms with E-state index in [9.17, 15) is 19.5 Å². The third-order valence-corrected chi connectivity index (χ3v) is 17.1. The summed E-state index contributed by atoms with van der Waals surface area (Å²) in [5.74, 6) is -1.83. The molecule has 4 fully saturated rings. The Morgan fingerprint density at radius 1 is 0.797 bits per heavy atom. The fraction of sp³-hybridized carbons (Fsp3) is 0.600. The van der Waals surface area contributed by atoms with Gasteiger partial charge in [-0.05, 0) is 122 Å². The lowest BCUT2D eigenvalue weighted by molar-refractivity contribution is -0.218. The number of aliphatic hydroxyl groups is 1. The van der Waals surface area contributed by atoms with E-state index in [0.29, 0.717) is 37.9 Å². The molecule has 2 unspecified atom stereocenters. The van der Waals surface area contributed by atoms with Crippen molar-refractivity contribution in [3.8, 4) is 0 Å². The van der Waals surface area contributed by atoms with Gasteiger partial charge in [-0.3, -0.25) is 14.4 Å². The lowest BCUT2D eigenvalue weighted by Gasteiger charge is -2.70. The van der Waals surface area contributed by atoms with Crippen LogP contribution in [0.15, 0.2) is 85.9 Å². The third-order valence-electron chi connectivity index (χ3n) is 17.1. The normalized spacial score (nSPS) is 37.7. The molecule has 5 aliphatic carbocycles. The van der Waals surface area contributed by atoms with Gasteiger partial charge in [0.15, 0.2) is 30.0 Å². The van der Waals surface area contributed by atoms with E-state index in [4.69, 9.17) is 18.3 Å². The summed E-state index contributed by atoms with van der Waals surface area (Å²) >= 11 is 0. The van der Waals surface area contributed by atoms with Gasteiger partial charge in [-0.2, -0.15) is 0 Å². The molecule has 2 aromatic carbocycles. The topological polar surface area (TPSA) is 133 Å². The largest absolute Gasteiger partial charge is 0.519 e. The third kappa shape index (κ3) is 6.34. The van der Waals surface area contributed by atoms with E-state index in [1.54, 1.807) is 6.92 Å². The molecule has 8 rings (SSSR count). The standard InChI is InChI=1S/C50H62O9/c1-30(2)39-36(57-44(55)59-39)29-56-43(54)50(8)37-19-22-49(7)41(47(37,5)21-20-38(50)52)35(51)27-33-34-28-46(4,24-23-45(34,3)25-26-48(33,49)6)42(53)58-40(31-15-11-9-12-16-31)32-17-13-10-14-18-32/h9-18,27,30,34,37-38,40-41,52H,19-26,28-29H2,1-8H3/t34-,37?,38-,41?,45+,46-,47-,48+,49+,50-/m0/s1. The molecule has 0 amide bonds. The predicted octanol–water partition coefficient (Wildman–Crippen LogP) is 10.1. The summed E-state index contributed by atoms with van der Waals surface area (Å²) in [6.07, 6.45) is 6.92. The molecule has 0 saturated heterocycles. The van der Waals surface area contributed by atoms with E-state index >= 15 is 4.79 Å². The average Bonchev–Trinajstić information content (AvgIpc) is 3.60. The van der Waals surface area contributed by atoms with Crippen LogP contribution in [0.3, 0.4) is 0 Å². The molecule has 4 saturated carbocycles. The predicted molar refractivity (Wildman–Crippen MR) is 222 cm³/mol. The van der Waals surface area contributed by atoms with Crippen molar-refractivity contribution in [3.63, 3.8) is 0 Å². The van der Waals surface area contributed by atoms with Crippen molar-refractivity contribution in [3.05, 3.63) is 106 Å². The highest BCUT2D eigenvalue weighted by Crippen LogP contribution is 2.75. The fourth-order valence-electron chi connectivity index (χ4n) is 13.3. The number of benzene rings is 2. The van der Waals surface area contributed by atoms with Gasteiger partial charge >= 0.3 is 17.8 Å². The van der Waals surface area contributed by atoms with Crippen LogP contribution in [-0.2, 0) is 30.5 Å². The Hall–Kier alpha value is -4.24. The van der Waals surface area contributed by atoms with Gasteiger partial charge in [-0.25, -0.2) is 4.79 Å². The van der Waals surface area contributed by atoms with Crippen molar-refractivity contribution >= 4 is 17.7 Å². The number of fused-ring (bicyclic) bond motifs is 7. The van der Waals surface area contributed by atoms with Gasteiger partial charge in [0.2, 0.25) is 0 Å². The molecule has 1 N–H and O–H groups in total. The van der Waals surface area contributed by atoms with Gasteiger partial charge < -0.3 is 23.4 Å². The second-order valence-electron chi connectivity index (χ2n) is 20.7. The minimum absolute atomic E-state index is 0.0267. The van der Waals surface area contributed by atoms with Gasteiger partial charge in [0, 0.05) is 11.8 Å². The molecule has 0 bridgehead atoms. The van der Waals surface area contributed by atoms with E-state index in [0.717, 1.165) is 36.8 Å². The number of aliphatic hydroxyl groups excluding tert-OH is 1. The Labute approximate surface area is 348 Å². The minimum Gasteiger partial charge on any atom is -0.457 e. The first-order valence-electron chi connectivity index (χ1n) is 21.9. The molecule has 9 nitrogen and oxygen atoms in total. The Morgan fingerprint density at radius 2 is 1.42 bits per heavy atom. The minimum atomic E-state index is -1.28. The molecule has 59 heavy (non-hydrogen) atoms. The quantitative estimate of drug-likeness (QED) is 0.221. The van der Waals surface area contributed by atoms with Crippen molar-refractivity contribution in [1.82, 2.24) is 0 Å². The zero-order chi connectivity index (χ0) is 42.3. The smallest absolute Gasteiger partial charge is 0.457 e. The van der Waals surface area contributed by atoms with Crippen molar-refractivity contribution in [2.75, 3.05) is 0 Å². The molecule has 0 aliphatic heterocycles. The number of carbonyl (C=O) groups is 3. The highest BCUT2D eigenvalue weighted by molar-refractivity contribution is 5.96. The molecular weight excluding hydrogens is 745 g/mol. The molecule has 9 heteroatoms. The summed E-state index contributed by atoms with van der Waals surface area (Å²) in [5.41, 5.74) is -0.381. The molecule has 0 spiro atoms. The van der Waals surface area contributed by atoms with Crippen LogP contribution in [0.2, 0.25) is 0 Å². The van der Waals surface area contributed by atoms with Crippen LogP contribution in [0.4, 0.5) is 0 Å². The van der Waals surface area contributed by atoms with Crippen molar-refractivity contribution in [1.29, 1.82) is 0 Å². The fourth-order valence-corrected chi connectivity index (χ4v) is 13.3. The zero-order valence-corrected chi connectivity index (χ0v) is 36.1. The van der Waals surface area contributed by atoms with Crippen LogP contribution in [0, 0.1) is 50.2 Å². The van der Waals surface area contributed by atoms with Gasteiger partial charge in [-0.1, -0.05) is 108 Å². The molecule has 316 valence electrons. The van der Waals surface area contributed by atoms with Crippen molar-refractivity contribution in [2.45, 2.75) is 138 Å². The second-order valence-corrected chi connectivity index (χ2v) is 20.7. The summed E-state index contributed by atoms with van der Waals surface area (Å²) in [5, 5.41) is 11.7. The van der Waals surface area contributed by atoms with E-state index in [-0.39, 0.29) is 58.6 Å². The number of hydrogen-bond donors (Lipinski definition) is 1. The summed E-state index contributed by atoms with van der Waals surface area (Å²) in [7, 11) is 0. The summed E-state index contributed by atoms with van der Waals surface area (Å²) < 4.78 is 22.9. The number of esters is 2. The summed E-state index contributed by atoms with van der Waals surface area (Å²) in [6, 6.07) is 19.8. The second kappa shape index (κ2) is 14.5. The van der Waals surface area contributed by atoms with Crippen LogP contribution in [-0.4, -0.2) is 28.9 Å². The van der Waals surface area contributed by atoms with Crippen LogP contribution in [0.5, 0.6) is 0 Å². The van der Waals surface area contributed by atoms with Crippen LogP contribution >= 0.6 is 0 Å². The van der Waals surface area contributed by atoms with Crippen LogP contribution in [0.25, 0.3) is 0 Å². The molecule has 1 aromatic heterocycles. The average molecular weight is 807 g/mol. The first-order valence-corrected chi connectivity index (χ1v) is 21.9. The van der Waals surface area contributed by atoms with E-state index in [2.05, 4.69) is 34.6 Å². The van der Waals surface area contributed by atoms with Gasteiger partial charge in [0.05, 0.1) is 16.9 Å². The first kappa shape index (κ1) is 41.5. The SMILES string of the molecule is CC(C)c1oc(=O)oc1COC(=O)[C@@]1(C)C2CC[C@]3(C)C(C(=O)C=C4[C@@H]5C[C@@](C)(C(=O)OC(c6ccccc6)c6ccccc6)CC[C@]5(C)CC[C@]43C)[C@@]2(C)CC[C@@H]1O. The van der Waals surface area contributed by atoms with E-state index < -0.39 is 45.7 Å². The number of rotatable bonds is 8. The lowest BCUT2D eigenvalue weighted by Crippen LogP contribution is -2.68. The van der Waals surface area contributed by atoms with Crippen LogP contribution in [0.1, 0.15) is 148 Å². The molecule has 3 aromatic rings. The maximum Gasteiger partial charge on any atom is 0.519 e. The summed E-state index contributed by atoms with van der Waals surface area (Å²) in [6.45, 7) is 16.5. The molecular formula is C50H62O9. The highest BCUT2D eigenvalue weighted by atomic mass is 16.6. The number of ketones is 1. The number of hydrogen-bond acceptors (Lipinski definition) is 9. The van der Waals surface area contributed by atoms with Gasteiger partial charge in [0.25, 0.3) is 0 Å². The zero-order valence-electron chi connectivity index (χ0n) is 36.1. The molecule has 10 atom stereocenters. The number of allylic oxidation sites excluding steroid dienone is 2. The Morgan fingerprint density at radius 3 is 2.05 bits per heavy atom. The van der Waals surface area contributed by atoms with E-state index in [1.165, 1.54) is 5.57 Å². The van der Waals surface area contributed by atoms with Gasteiger partial charge in [-0.15, -0.1) is 0 Å². The number of ether oxygens (including phenoxy) is 2. The Bertz CT molecular complexity index is 2160. The first-order chi connectivity index (χ1) is 27.8. The van der Waals surface area contributed by atoms with E-state index in [1.807, 2.05) is 80.6 Å². The monoisotopic (exact) mass is 806 g/mol. The van der Waals surface area contributed by atoms with Gasteiger partial charge in [0.1, 0.15) is 0 Å². The Balaban J connectivity index is 1.09. The van der Waals surface area contributed by atoms with Crippen molar-refractivity contribution in [2.24, 2.45) is 50.2 Å².